The van der Waals surface area contributed by atoms with Gasteiger partial charge in [-0.2, -0.15) is 5.10 Å². The molecule has 33 heavy (non-hydrogen) atoms. The molecule has 1 saturated heterocycles. The number of anilines is 1. The molecule has 0 radical (unpaired) electrons. The van der Waals surface area contributed by atoms with Gasteiger partial charge in [-0.1, -0.05) is 12.1 Å². The molecule has 0 saturated carbocycles. The summed E-state index contributed by atoms with van der Waals surface area (Å²) in [4.78, 5) is 23.6. The van der Waals surface area contributed by atoms with Gasteiger partial charge < -0.3 is 9.80 Å². The van der Waals surface area contributed by atoms with E-state index in [2.05, 4.69) is 26.0 Å². The van der Waals surface area contributed by atoms with Crippen molar-refractivity contribution < 1.29 is 9.18 Å². The monoisotopic (exact) mass is 446 g/mol. The lowest BCUT2D eigenvalue weighted by Gasteiger charge is -2.36. The van der Waals surface area contributed by atoms with Gasteiger partial charge in [0, 0.05) is 57.2 Å². The highest BCUT2D eigenvalue weighted by Crippen LogP contribution is 2.23. The number of nitrogens with zero attached hydrogens (tertiary/aromatic N) is 6. The van der Waals surface area contributed by atoms with Crippen molar-refractivity contribution in [2.75, 3.05) is 50.7 Å². The van der Waals surface area contributed by atoms with E-state index in [-0.39, 0.29) is 11.7 Å². The van der Waals surface area contributed by atoms with Crippen LogP contribution >= 0.6 is 0 Å². The molecule has 7 nitrogen and oxygen atoms in total. The molecular formula is C25H27FN6O. The molecule has 0 spiro atoms. The Morgan fingerprint density at radius 3 is 2.52 bits per heavy atom. The lowest BCUT2D eigenvalue weighted by molar-refractivity contribution is -0.132. The van der Waals surface area contributed by atoms with E-state index >= 15 is 0 Å². The fourth-order valence-corrected chi connectivity index (χ4v) is 4.36. The summed E-state index contributed by atoms with van der Waals surface area (Å²) in [6.45, 7) is 5.11. The van der Waals surface area contributed by atoms with Gasteiger partial charge in [0.25, 0.3) is 0 Å². The maximum absolute atomic E-state index is 13.2. The number of amides is 1. The summed E-state index contributed by atoms with van der Waals surface area (Å²) in [5.41, 5.74) is 3.13. The minimum absolute atomic E-state index is 0.191. The van der Waals surface area contributed by atoms with E-state index in [1.165, 1.54) is 17.7 Å². The minimum Gasteiger partial charge on any atom is -0.353 e. The van der Waals surface area contributed by atoms with Crippen LogP contribution < -0.4 is 4.90 Å². The summed E-state index contributed by atoms with van der Waals surface area (Å²) in [6.07, 6.45) is 8.68. The lowest BCUT2D eigenvalue weighted by atomic mass is 10.0. The van der Waals surface area contributed by atoms with Crippen LogP contribution in [0.2, 0.25) is 0 Å². The van der Waals surface area contributed by atoms with Crippen molar-refractivity contribution >= 4 is 17.3 Å². The van der Waals surface area contributed by atoms with Crippen molar-refractivity contribution in [3.05, 3.63) is 78.5 Å². The van der Waals surface area contributed by atoms with Crippen LogP contribution in [0.15, 0.2) is 67.1 Å². The van der Waals surface area contributed by atoms with E-state index in [1.54, 1.807) is 23.0 Å². The smallest absolute Gasteiger partial charge is 0.236 e. The van der Waals surface area contributed by atoms with Crippen molar-refractivity contribution in [2.45, 2.75) is 6.42 Å². The van der Waals surface area contributed by atoms with E-state index in [9.17, 15) is 9.18 Å². The highest BCUT2D eigenvalue weighted by atomic mass is 19.1. The molecule has 2 aliphatic rings. The molecule has 1 aromatic carbocycles. The van der Waals surface area contributed by atoms with Gasteiger partial charge in [-0.05, 0) is 48.4 Å². The third-order valence-electron chi connectivity index (χ3n) is 6.30. The van der Waals surface area contributed by atoms with Crippen LogP contribution in [0.3, 0.4) is 0 Å². The molecular weight excluding hydrogens is 419 g/mol. The van der Waals surface area contributed by atoms with Crippen LogP contribution in [0.1, 0.15) is 12.0 Å². The van der Waals surface area contributed by atoms with Gasteiger partial charge >= 0.3 is 0 Å². The molecule has 170 valence electrons. The molecule has 0 unspecified atom stereocenters. The van der Waals surface area contributed by atoms with E-state index in [0.29, 0.717) is 6.54 Å². The van der Waals surface area contributed by atoms with Gasteiger partial charge in [-0.25, -0.2) is 14.1 Å². The SMILES string of the molecule is O=C(CN1CC=C(c2cnn(-c3ccc(F)cc3)c2)CC1)N1CCN(c2ccccn2)CC1. The molecule has 0 bridgehead atoms. The summed E-state index contributed by atoms with van der Waals surface area (Å²) in [6, 6.07) is 12.2. The Bertz CT molecular complexity index is 1120. The van der Waals surface area contributed by atoms with Crippen molar-refractivity contribution in [2.24, 2.45) is 0 Å². The second-order valence-electron chi connectivity index (χ2n) is 8.42. The average molecular weight is 447 g/mol. The number of carbonyl (C=O) groups excluding carboxylic acids is 1. The van der Waals surface area contributed by atoms with Gasteiger partial charge in [-0.15, -0.1) is 0 Å². The number of piperazine rings is 1. The van der Waals surface area contributed by atoms with E-state index in [0.717, 1.165) is 62.8 Å². The largest absolute Gasteiger partial charge is 0.353 e. The van der Waals surface area contributed by atoms with Crippen LogP contribution in [0.4, 0.5) is 10.2 Å². The molecule has 2 aliphatic heterocycles. The molecule has 0 N–H and O–H groups in total. The fourth-order valence-electron chi connectivity index (χ4n) is 4.36. The summed E-state index contributed by atoms with van der Waals surface area (Å²) >= 11 is 0. The molecule has 8 heteroatoms. The Balaban J connectivity index is 1.13. The highest BCUT2D eigenvalue weighted by Gasteiger charge is 2.24. The minimum atomic E-state index is -0.258. The van der Waals surface area contributed by atoms with E-state index < -0.39 is 0 Å². The second kappa shape index (κ2) is 9.54. The molecule has 4 heterocycles. The first-order valence-corrected chi connectivity index (χ1v) is 11.3. The van der Waals surface area contributed by atoms with Crippen molar-refractivity contribution in [3.63, 3.8) is 0 Å². The summed E-state index contributed by atoms with van der Waals surface area (Å²) in [5, 5.41) is 4.42. The Morgan fingerprint density at radius 2 is 1.82 bits per heavy atom. The van der Waals surface area contributed by atoms with E-state index in [1.807, 2.05) is 35.5 Å². The summed E-state index contributed by atoms with van der Waals surface area (Å²) in [5.74, 6) is 0.906. The van der Waals surface area contributed by atoms with Gasteiger partial charge in [0.15, 0.2) is 0 Å². The Morgan fingerprint density at radius 1 is 1.00 bits per heavy atom. The summed E-state index contributed by atoms with van der Waals surface area (Å²) in [7, 11) is 0. The quantitative estimate of drug-likeness (QED) is 0.603. The van der Waals surface area contributed by atoms with Crippen LogP contribution in [0, 0.1) is 5.82 Å². The first kappa shape index (κ1) is 21.3. The fraction of sp³-hybridized carbons (Fsp3) is 0.320. The van der Waals surface area contributed by atoms with Crippen LogP contribution in [0.5, 0.6) is 0 Å². The topological polar surface area (TPSA) is 57.5 Å². The predicted molar refractivity (Wildman–Crippen MR) is 126 cm³/mol. The van der Waals surface area contributed by atoms with Gasteiger partial charge in [-0.3, -0.25) is 9.69 Å². The standard InChI is InChI=1S/C25H27FN6O/c26-22-4-6-23(7-5-22)32-18-21(17-28-32)20-8-11-29(12-9-20)19-25(33)31-15-13-30(14-16-31)24-3-1-2-10-27-24/h1-8,10,17-18H,9,11-16,19H2. The normalized spacial score (nSPS) is 17.2. The predicted octanol–water partition coefficient (Wildman–Crippen LogP) is 2.84. The molecule has 0 aliphatic carbocycles. The molecule has 3 aromatic rings. The van der Waals surface area contributed by atoms with Crippen molar-refractivity contribution in [1.29, 1.82) is 0 Å². The number of rotatable bonds is 5. The third-order valence-corrected chi connectivity index (χ3v) is 6.30. The highest BCUT2D eigenvalue weighted by molar-refractivity contribution is 5.79. The number of hydrogen-bond acceptors (Lipinski definition) is 5. The second-order valence-corrected chi connectivity index (χ2v) is 8.42. The average Bonchev–Trinajstić information content (AvgIpc) is 3.36. The number of carbonyl (C=O) groups is 1. The Kier molecular flexibility index (Phi) is 6.17. The lowest BCUT2D eigenvalue weighted by Crippen LogP contribution is -2.51. The molecule has 0 atom stereocenters. The zero-order chi connectivity index (χ0) is 22.6. The summed E-state index contributed by atoms with van der Waals surface area (Å²) < 4.78 is 14.9. The molecule has 2 aromatic heterocycles. The zero-order valence-corrected chi connectivity index (χ0v) is 18.5. The zero-order valence-electron chi connectivity index (χ0n) is 18.5. The maximum Gasteiger partial charge on any atom is 0.236 e. The van der Waals surface area contributed by atoms with Gasteiger partial charge in [0.2, 0.25) is 5.91 Å². The number of benzene rings is 1. The van der Waals surface area contributed by atoms with Crippen LogP contribution in [-0.2, 0) is 4.79 Å². The van der Waals surface area contributed by atoms with Crippen molar-refractivity contribution in [1.82, 2.24) is 24.6 Å². The van der Waals surface area contributed by atoms with Crippen LogP contribution in [0.25, 0.3) is 11.3 Å². The number of hydrogen-bond donors (Lipinski definition) is 0. The van der Waals surface area contributed by atoms with Gasteiger partial charge in [0.05, 0.1) is 18.4 Å². The first-order valence-electron chi connectivity index (χ1n) is 11.3. The Labute approximate surface area is 192 Å². The van der Waals surface area contributed by atoms with Crippen molar-refractivity contribution in [3.8, 4) is 5.69 Å². The Hall–Kier alpha value is -3.52. The van der Waals surface area contributed by atoms with Gasteiger partial charge in [0.1, 0.15) is 11.6 Å². The number of halogens is 1. The first-order chi connectivity index (χ1) is 16.2. The van der Waals surface area contributed by atoms with Crippen LogP contribution in [-0.4, -0.2) is 76.3 Å². The third kappa shape index (κ3) is 4.96. The molecule has 1 fully saturated rings. The maximum atomic E-state index is 13.2. The van der Waals surface area contributed by atoms with E-state index in [4.69, 9.17) is 0 Å². The molecule has 1 amide bonds. The molecule has 5 rings (SSSR count). The number of pyridine rings is 1. The number of aromatic nitrogens is 3.